The van der Waals surface area contributed by atoms with Crippen molar-refractivity contribution < 1.29 is 9.53 Å². The lowest BCUT2D eigenvalue weighted by Crippen LogP contribution is -2.26. The zero-order chi connectivity index (χ0) is 11.5. The molecule has 1 amide bonds. The average Bonchev–Trinajstić information content (AvgIpc) is 2.87. The van der Waals surface area contributed by atoms with Crippen LogP contribution in [0.15, 0.2) is 0 Å². The first-order valence-electron chi connectivity index (χ1n) is 5.42. The Hall–Kier alpha value is -1.01. The van der Waals surface area contributed by atoms with E-state index in [1.54, 1.807) is 0 Å². The molecule has 1 aliphatic rings. The quantitative estimate of drug-likeness (QED) is 0.876. The van der Waals surface area contributed by atoms with E-state index < -0.39 is 0 Å². The first-order valence-corrected chi connectivity index (χ1v) is 6.24. The summed E-state index contributed by atoms with van der Waals surface area (Å²) in [6.45, 7) is 4.77. The van der Waals surface area contributed by atoms with Crippen molar-refractivity contribution in [1.29, 1.82) is 0 Å². The Bertz CT molecular complexity index is 372. The minimum atomic E-state index is -0.314. The number of amides is 1. The molecule has 6 heteroatoms. The summed E-state index contributed by atoms with van der Waals surface area (Å²) >= 11 is 1.42. The molecule has 88 valence electrons. The van der Waals surface area contributed by atoms with E-state index in [9.17, 15) is 4.79 Å². The molecule has 0 aliphatic carbocycles. The number of nitrogens with zero attached hydrogens (tertiary/aromatic N) is 2. The second-order valence-corrected chi connectivity index (χ2v) is 5.10. The molecular formula is C10H15N3O2S. The fourth-order valence-corrected chi connectivity index (χ4v) is 2.24. The molecule has 1 atom stereocenters. The maximum absolute atomic E-state index is 11.7. The molecule has 1 aliphatic heterocycles. The molecular weight excluding hydrogens is 226 g/mol. The number of nitrogens with one attached hydrogen (secondary N) is 1. The van der Waals surface area contributed by atoms with Crippen molar-refractivity contribution in [3.8, 4) is 0 Å². The fourth-order valence-electron chi connectivity index (χ4n) is 1.49. The van der Waals surface area contributed by atoms with Gasteiger partial charge in [-0.2, -0.15) is 0 Å². The number of aromatic nitrogens is 2. The van der Waals surface area contributed by atoms with Crippen LogP contribution < -0.4 is 5.32 Å². The van der Waals surface area contributed by atoms with Crippen LogP contribution in [0.3, 0.4) is 0 Å². The number of carbonyl (C=O) groups excluding carboxylic acids is 1. The number of anilines is 1. The van der Waals surface area contributed by atoms with Gasteiger partial charge in [0.1, 0.15) is 11.1 Å². The van der Waals surface area contributed by atoms with E-state index in [0.29, 0.717) is 17.7 Å². The SMILES string of the molecule is CC(C)c1nnc(NC(=O)[C@H]2CCCO2)s1. The zero-order valence-corrected chi connectivity index (χ0v) is 10.2. The van der Waals surface area contributed by atoms with E-state index in [-0.39, 0.29) is 12.0 Å². The van der Waals surface area contributed by atoms with Crippen molar-refractivity contribution >= 4 is 22.4 Å². The second-order valence-electron chi connectivity index (χ2n) is 4.09. The van der Waals surface area contributed by atoms with Gasteiger partial charge in [0, 0.05) is 12.5 Å². The van der Waals surface area contributed by atoms with Gasteiger partial charge in [0.15, 0.2) is 0 Å². The van der Waals surface area contributed by atoms with Gasteiger partial charge < -0.3 is 4.74 Å². The van der Waals surface area contributed by atoms with Crippen molar-refractivity contribution in [2.24, 2.45) is 0 Å². The first-order chi connectivity index (χ1) is 7.66. The van der Waals surface area contributed by atoms with Gasteiger partial charge >= 0.3 is 0 Å². The van der Waals surface area contributed by atoms with Crippen molar-refractivity contribution in [1.82, 2.24) is 10.2 Å². The Morgan fingerprint density at radius 1 is 1.56 bits per heavy atom. The third-order valence-electron chi connectivity index (χ3n) is 2.39. The largest absolute Gasteiger partial charge is 0.368 e. The van der Waals surface area contributed by atoms with E-state index in [1.165, 1.54) is 11.3 Å². The Kier molecular flexibility index (Phi) is 3.50. The summed E-state index contributed by atoms with van der Waals surface area (Å²) in [4.78, 5) is 11.7. The van der Waals surface area contributed by atoms with Crippen molar-refractivity contribution in [2.45, 2.75) is 38.7 Å². The summed E-state index contributed by atoms with van der Waals surface area (Å²) in [6.07, 6.45) is 1.43. The van der Waals surface area contributed by atoms with Crippen LogP contribution in [0.2, 0.25) is 0 Å². The summed E-state index contributed by atoms with van der Waals surface area (Å²) < 4.78 is 5.29. The third-order valence-corrected chi connectivity index (χ3v) is 3.53. The Labute approximate surface area is 98.2 Å². The van der Waals surface area contributed by atoms with Gasteiger partial charge in [-0.3, -0.25) is 10.1 Å². The topological polar surface area (TPSA) is 64.1 Å². The van der Waals surface area contributed by atoms with Crippen molar-refractivity contribution in [3.63, 3.8) is 0 Å². The summed E-state index contributed by atoms with van der Waals surface area (Å²) in [5, 5.41) is 12.2. The van der Waals surface area contributed by atoms with Gasteiger partial charge in [-0.1, -0.05) is 25.2 Å². The summed E-state index contributed by atoms with van der Waals surface area (Å²) in [6, 6.07) is 0. The number of carbonyl (C=O) groups is 1. The number of hydrogen-bond donors (Lipinski definition) is 1. The molecule has 0 aromatic carbocycles. The van der Waals surface area contributed by atoms with E-state index in [0.717, 1.165) is 17.8 Å². The molecule has 0 saturated carbocycles. The zero-order valence-electron chi connectivity index (χ0n) is 9.40. The van der Waals surface area contributed by atoms with E-state index >= 15 is 0 Å². The van der Waals surface area contributed by atoms with E-state index in [1.807, 2.05) is 13.8 Å². The highest BCUT2D eigenvalue weighted by atomic mass is 32.1. The van der Waals surface area contributed by atoms with E-state index in [4.69, 9.17) is 4.74 Å². The van der Waals surface area contributed by atoms with Crippen LogP contribution in [-0.2, 0) is 9.53 Å². The Balaban J connectivity index is 1.95. The lowest BCUT2D eigenvalue weighted by atomic mass is 10.2. The Morgan fingerprint density at radius 2 is 2.38 bits per heavy atom. The summed E-state index contributed by atoms with van der Waals surface area (Å²) in [5.74, 6) is 0.231. The average molecular weight is 241 g/mol. The first kappa shape index (κ1) is 11.5. The molecule has 2 heterocycles. The molecule has 1 aromatic rings. The van der Waals surface area contributed by atoms with Crippen molar-refractivity contribution in [2.75, 3.05) is 11.9 Å². The smallest absolute Gasteiger partial charge is 0.255 e. The van der Waals surface area contributed by atoms with Gasteiger partial charge in [0.25, 0.3) is 5.91 Å². The maximum atomic E-state index is 11.7. The van der Waals surface area contributed by atoms with E-state index in [2.05, 4.69) is 15.5 Å². The molecule has 5 nitrogen and oxygen atoms in total. The standard InChI is InChI=1S/C10H15N3O2S/c1-6(2)9-12-13-10(16-9)11-8(14)7-4-3-5-15-7/h6-7H,3-5H2,1-2H3,(H,11,13,14)/t7-/m1/s1. The molecule has 2 rings (SSSR count). The highest BCUT2D eigenvalue weighted by Crippen LogP contribution is 2.23. The monoisotopic (exact) mass is 241 g/mol. The molecule has 0 spiro atoms. The fraction of sp³-hybridized carbons (Fsp3) is 0.700. The van der Waals surface area contributed by atoms with Crippen LogP contribution >= 0.6 is 11.3 Å². The summed E-state index contributed by atoms with van der Waals surface area (Å²) in [7, 11) is 0. The molecule has 1 N–H and O–H groups in total. The van der Waals surface area contributed by atoms with Crippen molar-refractivity contribution in [3.05, 3.63) is 5.01 Å². The maximum Gasteiger partial charge on any atom is 0.255 e. The highest BCUT2D eigenvalue weighted by molar-refractivity contribution is 7.15. The predicted molar refractivity (Wildman–Crippen MR) is 61.6 cm³/mol. The molecule has 0 radical (unpaired) electrons. The molecule has 1 saturated heterocycles. The molecule has 1 aromatic heterocycles. The van der Waals surface area contributed by atoms with Gasteiger partial charge in [-0.05, 0) is 12.8 Å². The number of rotatable bonds is 3. The van der Waals surface area contributed by atoms with Gasteiger partial charge in [-0.15, -0.1) is 10.2 Å². The van der Waals surface area contributed by atoms with Crippen LogP contribution in [-0.4, -0.2) is 28.8 Å². The molecule has 0 bridgehead atoms. The second kappa shape index (κ2) is 4.88. The Morgan fingerprint density at radius 3 is 2.94 bits per heavy atom. The molecule has 0 unspecified atom stereocenters. The lowest BCUT2D eigenvalue weighted by molar-refractivity contribution is -0.124. The van der Waals surface area contributed by atoms with Crippen LogP contribution in [0, 0.1) is 0 Å². The minimum absolute atomic E-state index is 0.107. The van der Waals surface area contributed by atoms with Crippen LogP contribution in [0.1, 0.15) is 37.6 Å². The minimum Gasteiger partial charge on any atom is -0.368 e. The van der Waals surface area contributed by atoms with Gasteiger partial charge in [-0.25, -0.2) is 0 Å². The molecule has 16 heavy (non-hydrogen) atoms. The third kappa shape index (κ3) is 2.56. The van der Waals surface area contributed by atoms with Gasteiger partial charge in [0.2, 0.25) is 5.13 Å². The normalized spacial score (nSPS) is 20.3. The number of ether oxygens (including phenoxy) is 1. The highest BCUT2D eigenvalue weighted by Gasteiger charge is 2.24. The van der Waals surface area contributed by atoms with Crippen LogP contribution in [0.25, 0.3) is 0 Å². The molecule has 1 fully saturated rings. The van der Waals surface area contributed by atoms with Crippen LogP contribution in [0.4, 0.5) is 5.13 Å². The van der Waals surface area contributed by atoms with Gasteiger partial charge in [0.05, 0.1) is 0 Å². The summed E-state index contributed by atoms with van der Waals surface area (Å²) in [5.41, 5.74) is 0. The predicted octanol–water partition coefficient (Wildman–Crippen LogP) is 1.78. The van der Waals surface area contributed by atoms with Crippen LogP contribution in [0.5, 0.6) is 0 Å². The lowest BCUT2D eigenvalue weighted by Gasteiger charge is -2.07. The number of hydrogen-bond acceptors (Lipinski definition) is 5.